The Morgan fingerprint density at radius 2 is 2.24 bits per heavy atom. The van der Waals surface area contributed by atoms with Crippen molar-refractivity contribution >= 4 is 27.4 Å². The zero-order chi connectivity index (χ0) is 11.7. The van der Waals surface area contributed by atoms with Crippen LogP contribution >= 0.6 is 11.5 Å². The first-order valence-electron chi connectivity index (χ1n) is 6.17. The summed E-state index contributed by atoms with van der Waals surface area (Å²) in [6.07, 6.45) is 3.59. The first kappa shape index (κ1) is 11.0. The highest BCUT2D eigenvalue weighted by Crippen LogP contribution is 2.29. The van der Waals surface area contributed by atoms with E-state index in [1.807, 2.05) is 6.07 Å². The summed E-state index contributed by atoms with van der Waals surface area (Å²) in [7, 11) is 0. The van der Waals surface area contributed by atoms with Crippen LogP contribution in [0.3, 0.4) is 0 Å². The first-order chi connectivity index (χ1) is 8.33. The minimum atomic E-state index is 0.417. The summed E-state index contributed by atoms with van der Waals surface area (Å²) < 4.78 is 4.43. The molecule has 90 valence electrons. The van der Waals surface area contributed by atoms with Gasteiger partial charge in [-0.15, -0.1) is 0 Å². The van der Waals surface area contributed by atoms with Crippen molar-refractivity contribution in [2.24, 2.45) is 11.7 Å². The van der Waals surface area contributed by atoms with Crippen molar-refractivity contribution in [2.75, 3.05) is 11.9 Å². The quantitative estimate of drug-likeness (QED) is 0.877. The molecule has 0 bridgehead atoms. The van der Waals surface area contributed by atoms with Crippen molar-refractivity contribution < 1.29 is 0 Å². The van der Waals surface area contributed by atoms with Crippen LogP contribution in [0.4, 0.5) is 5.00 Å². The van der Waals surface area contributed by atoms with Gasteiger partial charge in [0.05, 0.1) is 5.52 Å². The van der Waals surface area contributed by atoms with E-state index in [-0.39, 0.29) is 0 Å². The number of anilines is 1. The van der Waals surface area contributed by atoms with E-state index in [0.29, 0.717) is 6.04 Å². The minimum absolute atomic E-state index is 0.417. The summed E-state index contributed by atoms with van der Waals surface area (Å²) in [5, 5.41) is 5.96. The zero-order valence-corrected chi connectivity index (χ0v) is 10.5. The largest absolute Gasteiger partial charge is 0.375 e. The highest BCUT2D eigenvalue weighted by atomic mass is 32.1. The Labute approximate surface area is 105 Å². The standard InChI is InChI=1S/C13H17N3S/c14-10-6-5-9(7-10)8-15-13-11-3-1-2-4-12(11)16-17-13/h1-4,9-10,15H,5-8,14H2. The van der Waals surface area contributed by atoms with Gasteiger partial charge in [0, 0.05) is 18.0 Å². The van der Waals surface area contributed by atoms with Gasteiger partial charge in [-0.3, -0.25) is 0 Å². The van der Waals surface area contributed by atoms with Crippen LogP contribution < -0.4 is 11.1 Å². The van der Waals surface area contributed by atoms with Crippen LogP contribution in [0.15, 0.2) is 24.3 Å². The molecule has 17 heavy (non-hydrogen) atoms. The molecule has 1 fully saturated rings. The van der Waals surface area contributed by atoms with E-state index < -0.39 is 0 Å². The molecule has 0 amide bonds. The lowest BCUT2D eigenvalue weighted by Crippen LogP contribution is -2.17. The van der Waals surface area contributed by atoms with Gasteiger partial charge in [0.1, 0.15) is 5.00 Å². The molecule has 0 radical (unpaired) electrons. The van der Waals surface area contributed by atoms with E-state index in [1.165, 1.54) is 23.2 Å². The predicted molar refractivity (Wildman–Crippen MR) is 73.4 cm³/mol. The van der Waals surface area contributed by atoms with Crippen LogP contribution in [0.5, 0.6) is 0 Å². The van der Waals surface area contributed by atoms with Crippen LogP contribution in [0.1, 0.15) is 19.3 Å². The molecular formula is C13H17N3S. The number of nitrogens with zero attached hydrogens (tertiary/aromatic N) is 1. The second-order valence-electron chi connectivity index (χ2n) is 4.85. The molecule has 2 aromatic rings. The molecule has 2 atom stereocenters. The van der Waals surface area contributed by atoms with Crippen LogP contribution in [0.2, 0.25) is 0 Å². The summed E-state index contributed by atoms with van der Waals surface area (Å²) in [4.78, 5) is 0. The van der Waals surface area contributed by atoms with E-state index in [2.05, 4.69) is 27.9 Å². The molecule has 3 nitrogen and oxygen atoms in total. The lowest BCUT2D eigenvalue weighted by atomic mass is 10.1. The van der Waals surface area contributed by atoms with E-state index >= 15 is 0 Å². The third-order valence-corrected chi connectivity index (χ3v) is 4.35. The maximum absolute atomic E-state index is 5.93. The minimum Gasteiger partial charge on any atom is -0.375 e. The van der Waals surface area contributed by atoms with Crippen molar-refractivity contribution in [3.05, 3.63) is 24.3 Å². The molecule has 3 N–H and O–H groups in total. The molecule has 1 aliphatic carbocycles. The number of rotatable bonds is 3. The molecule has 1 heterocycles. The van der Waals surface area contributed by atoms with Gasteiger partial charge in [-0.2, -0.15) is 4.37 Å². The summed E-state index contributed by atoms with van der Waals surface area (Å²) in [5.74, 6) is 0.728. The Hall–Kier alpha value is -1.13. The molecule has 2 unspecified atom stereocenters. The maximum Gasteiger partial charge on any atom is 0.117 e. The van der Waals surface area contributed by atoms with Gasteiger partial charge >= 0.3 is 0 Å². The second-order valence-corrected chi connectivity index (χ2v) is 5.62. The van der Waals surface area contributed by atoms with Crippen molar-refractivity contribution in [1.29, 1.82) is 0 Å². The van der Waals surface area contributed by atoms with Crippen LogP contribution in [-0.4, -0.2) is 17.0 Å². The highest BCUT2D eigenvalue weighted by Gasteiger charge is 2.21. The smallest absolute Gasteiger partial charge is 0.117 e. The lowest BCUT2D eigenvalue weighted by Gasteiger charge is -2.10. The van der Waals surface area contributed by atoms with E-state index in [0.717, 1.165) is 24.4 Å². The normalized spacial score (nSPS) is 24.3. The highest BCUT2D eigenvalue weighted by molar-refractivity contribution is 7.11. The van der Waals surface area contributed by atoms with Gasteiger partial charge in [0.15, 0.2) is 0 Å². The Bertz CT molecular complexity index is 508. The average Bonchev–Trinajstić information content (AvgIpc) is 2.93. The van der Waals surface area contributed by atoms with E-state index in [4.69, 9.17) is 5.73 Å². The summed E-state index contributed by atoms with van der Waals surface area (Å²) in [5.41, 5.74) is 7.01. The van der Waals surface area contributed by atoms with Gasteiger partial charge in [-0.25, -0.2) is 0 Å². The number of nitrogens with one attached hydrogen (secondary N) is 1. The summed E-state index contributed by atoms with van der Waals surface area (Å²) in [6, 6.07) is 8.69. The third kappa shape index (κ3) is 2.28. The molecule has 0 saturated heterocycles. The van der Waals surface area contributed by atoms with Crippen LogP contribution in [-0.2, 0) is 0 Å². The molecule has 0 aliphatic heterocycles. The lowest BCUT2D eigenvalue weighted by molar-refractivity contribution is 0.566. The maximum atomic E-state index is 5.93. The molecule has 0 spiro atoms. The summed E-state index contributed by atoms with van der Waals surface area (Å²) >= 11 is 1.55. The Morgan fingerprint density at radius 3 is 3.06 bits per heavy atom. The van der Waals surface area contributed by atoms with Crippen molar-refractivity contribution in [3.63, 3.8) is 0 Å². The second kappa shape index (κ2) is 4.63. The van der Waals surface area contributed by atoms with Crippen molar-refractivity contribution in [3.8, 4) is 0 Å². The molecule has 1 aliphatic rings. The fraction of sp³-hybridized carbons (Fsp3) is 0.462. The van der Waals surface area contributed by atoms with Crippen LogP contribution in [0.25, 0.3) is 10.9 Å². The monoisotopic (exact) mass is 247 g/mol. The number of hydrogen-bond donors (Lipinski definition) is 2. The SMILES string of the molecule is NC1CCC(CNc2snc3ccccc23)C1. The van der Waals surface area contributed by atoms with Crippen LogP contribution in [0, 0.1) is 5.92 Å². The number of hydrogen-bond acceptors (Lipinski definition) is 4. The fourth-order valence-corrected chi connectivity index (χ4v) is 3.32. The van der Waals surface area contributed by atoms with Gasteiger partial charge in [0.2, 0.25) is 0 Å². The molecule has 3 rings (SSSR count). The number of fused-ring (bicyclic) bond motifs is 1. The van der Waals surface area contributed by atoms with Crippen molar-refractivity contribution in [2.45, 2.75) is 25.3 Å². The van der Waals surface area contributed by atoms with E-state index in [9.17, 15) is 0 Å². The number of nitrogens with two attached hydrogens (primary N) is 1. The number of aromatic nitrogens is 1. The van der Waals surface area contributed by atoms with Gasteiger partial charge in [-0.1, -0.05) is 12.1 Å². The average molecular weight is 247 g/mol. The Kier molecular flexibility index (Phi) is 2.99. The number of benzene rings is 1. The molecule has 1 aromatic carbocycles. The Morgan fingerprint density at radius 1 is 1.35 bits per heavy atom. The first-order valence-corrected chi connectivity index (χ1v) is 6.94. The predicted octanol–water partition coefficient (Wildman–Crippen LogP) is 2.84. The van der Waals surface area contributed by atoms with Gasteiger partial charge in [0.25, 0.3) is 0 Å². The van der Waals surface area contributed by atoms with Gasteiger partial charge in [-0.05, 0) is 48.8 Å². The zero-order valence-electron chi connectivity index (χ0n) is 9.73. The summed E-state index contributed by atoms with van der Waals surface area (Å²) in [6.45, 7) is 1.03. The third-order valence-electron chi connectivity index (χ3n) is 3.52. The van der Waals surface area contributed by atoms with Crippen molar-refractivity contribution in [1.82, 2.24) is 4.37 Å². The van der Waals surface area contributed by atoms with Gasteiger partial charge < -0.3 is 11.1 Å². The molecule has 1 saturated carbocycles. The Balaban J connectivity index is 1.69. The fourth-order valence-electron chi connectivity index (χ4n) is 2.55. The molecule has 1 aromatic heterocycles. The van der Waals surface area contributed by atoms with E-state index in [1.54, 1.807) is 11.5 Å². The topological polar surface area (TPSA) is 50.9 Å². The molecule has 4 heteroatoms. The molecular weight excluding hydrogens is 230 g/mol.